The van der Waals surface area contributed by atoms with Gasteiger partial charge >= 0.3 is 0 Å². The number of nitrogens with one attached hydrogen (secondary N) is 1. The van der Waals surface area contributed by atoms with Gasteiger partial charge in [-0.25, -0.2) is 4.98 Å². The maximum Gasteiger partial charge on any atom is 0.263 e. The number of carbonyl (C=O) groups excluding carboxylic acids is 1. The first-order valence-corrected chi connectivity index (χ1v) is 10.7. The number of fused-ring (bicyclic) bond motifs is 3. The number of rotatable bonds is 7. The number of thiazole rings is 1. The van der Waals surface area contributed by atoms with Gasteiger partial charge in [-0.1, -0.05) is 25.6 Å². The molecule has 3 fully saturated rings. The van der Waals surface area contributed by atoms with Crippen LogP contribution in [-0.4, -0.2) is 23.2 Å². The molecule has 2 bridgehead atoms. The molecule has 5 heteroatoms. The van der Waals surface area contributed by atoms with Gasteiger partial charge in [0.1, 0.15) is 4.88 Å². The molecule has 1 aromatic rings. The highest BCUT2D eigenvalue weighted by molar-refractivity contribution is 8.01. The van der Waals surface area contributed by atoms with Crippen molar-refractivity contribution in [3.05, 3.63) is 11.1 Å². The fraction of sp³-hybridized carbons (Fsp3) is 0.778. The molecule has 23 heavy (non-hydrogen) atoms. The number of nitrogens with zero attached hydrogens (tertiary/aromatic N) is 1. The smallest absolute Gasteiger partial charge is 0.263 e. The Labute approximate surface area is 148 Å². The van der Waals surface area contributed by atoms with E-state index in [-0.39, 0.29) is 5.91 Å². The van der Waals surface area contributed by atoms with E-state index >= 15 is 0 Å². The molecule has 0 aromatic carbocycles. The van der Waals surface area contributed by atoms with E-state index in [1.54, 1.807) is 18.0 Å². The van der Waals surface area contributed by atoms with Crippen LogP contribution in [0.4, 0.5) is 0 Å². The highest BCUT2D eigenvalue weighted by atomic mass is 32.2. The molecule has 0 spiro atoms. The monoisotopic (exact) mass is 352 g/mol. The molecule has 0 aliphatic heterocycles. The Balaban J connectivity index is 1.40. The van der Waals surface area contributed by atoms with Gasteiger partial charge in [0, 0.05) is 6.54 Å². The predicted molar refractivity (Wildman–Crippen MR) is 98.3 cm³/mol. The Bertz CT molecular complexity index is 530. The molecule has 3 nitrogen and oxygen atoms in total. The molecule has 0 atom stereocenters. The van der Waals surface area contributed by atoms with Gasteiger partial charge in [0.05, 0.1) is 6.20 Å². The summed E-state index contributed by atoms with van der Waals surface area (Å²) in [4.78, 5) is 17.2. The van der Waals surface area contributed by atoms with Gasteiger partial charge in [-0.15, -0.1) is 11.3 Å². The van der Waals surface area contributed by atoms with Gasteiger partial charge in [0.15, 0.2) is 4.34 Å². The van der Waals surface area contributed by atoms with Crippen molar-refractivity contribution in [1.82, 2.24) is 10.3 Å². The fourth-order valence-corrected chi connectivity index (χ4v) is 5.93. The lowest BCUT2D eigenvalue weighted by molar-refractivity contribution is -0.00360. The topological polar surface area (TPSA) is 42.0 Å². The third-order valence-electron chi connectivity index (χ3n) is 5.92. The highest BCUT2D eigenvalue weighted by Crippen LogP contribution is 2.58. The largest absolute Gasteiger partial charge is 0.351 e. The summed E-state index contributed by atoms with van der Waals surface area (Å²) in [5.74, 6) is 1.04. The molecule has 128 valence electrons. The Hall–Kier alpha value is -0.550. The van der Waals surface area contributed by atoms with Crippen LogP contribution in [0, 0.1) is 10.8 Å². The van der Waals surface area contributed by atoms with Crippen molar-refractivity contribution in [2.45, 2.75) is 69.6 Å². The fourth-order valence-electron chi connectivity index (χ4n) is 4.13. The molecule has 0 unspecified atom stereocenters. The third kappa shape index (κ3) is 4.11. The van der Waals surface area contributed by atoms with Crippen molar-refractivity contribution in [2.24, 2.45) is 10.8 Å². The van der Waals surface area contributed by atoms with Gasteiger partial charge in [-0.2, -0.15) is 0 Å². The highest BCUT2D eigenvalue weighted by Gasteiger charge is 2.45. The molecule has 3 saturated carbocycles. The van der Waals surface area contributed by atoms with E-state index in [0.717, 1.165) is 27.9 Å². The van der Waals surface area contributed by atoms with Crippen LogP contribution >= 0.6 is 23.1 Å². The summed E-state index contributed by atoms with van der Waals surface area (Å²) in [5.41, 5.74) is 1.24. The number of carbonyl (C=O) groups is 1. The van der Waals surface area contributed by atoms with Crippen molar-refractivity contribution in [2.75, 3.05) is 12.3 Å². The SMILES string of the molecule is CCSc1ncc(C(=O)NCCCC23CCC(C)(CC2)CC3)s1. The van der Waals surface area contributed by atoms with Crippen LogP contribution in [0.1, 0.15) is 74.9 Å². The average Bonchev–Trinajstić information content (AvgIpc) is 3.02. The third-order valence-corrected chi connectivity index (χ3v) is 7.96. The normalized spacial score (nSPS) is 29.7. The molecule has 1 heterocycles. The molecule has 3 aliphatic rings. The minimum atomic E-state index is 0.0443. The van der Waals surface area contributed by atoms with Crippen LogP contribution in [0.15, 0.2) is 10.5 Å². The van der Waals surface area contributed by atoms with E-state index < -0.39 is 0 Å². The predicted octanol–water partition coefficient (Wildman–Crippen LogP) is 5.13. The van der Waals surface area contributed by atoms with Crippen LogP contribution < -0.4 is 5.32 Å². The number of hydrogen-bond acceptors (Lipinski definition) is 4. The summed E-state index contributed by atoms with van der Waals surface area (Å²) in [6.07, 6.45) is 12.6. The van der Waals surface area contributed by atoms with E-state index in [1.165, 1.54) is 56.3 Å². The molecular weight excluding hydrogens is 324 g/mol. The first-order valence-electron chi connectivity index (χ1n) is 8.91. The Morgan fingerprint density at radius 1 is 1.30 bits per heavy atom. The minimum Gasteiger partial charge on any atom is -0.351 e. The summed E-state index contributed by atoms with van der Waals surface area (Å²) in [6, 6.07) is 0. The van der Waals surface area contributed by atoms with Crippen LogP contribution in [0.25, 0.3) is 0 Å². The van der Waals surface area contributed by atoms with E-state index in [2.05, 4.69) is 24.1 Å². The standard InChI is InChI=1S/C18H28N2OS2/c1-3-22-16-20-13-14(23-16)15(21)19-12-4-5-18-9-6-17(2,7-10-18)8-11-18/h13H,3-12H2,1-2H3,(H,19,21). The number of hydrogen-bond donors (Lipinski definition) is 1. The summed E-state index contributed by atoms with van der Waals surface area (Å²) in [7, 11) is 0. The summed E-state index contributed by atoms with van der Waals surface area (Å²) in [5, 5.41) is 3.08. The quantitative estimate of drug-likeness (QED) is 0.546. The van der Waals surface area contributed by atoms with E-state index in [4.69, 9.17) is 0 Å². The molecule has 0 saturated heterocycles. The first kappa shape index (κ1) is 17.3. The van der Waals surface area contributed by atoms with Gasteiger partial charge in [-0.3, -0.25) is 4.79 Å². The van der Waals surface area contributed by atoms with Crippen molar-refractivity contribution in [3.63, 3.8) is 0 Å². The van der Waals surface area contributed by atoms with Crippen LogP contribution in [0.5, 0.6) is 0 Å². The average molecular weight is 353 g/mol. The van der Waals surface area contributed by atoms with E-state index in [0.29, 0.717) is 10.8 Å². The lowest BCUT2D eigenvalue weighted by Crippen LogP contribution is -2.40. The molecule has 1 amide bonds. The summed E-state index contributed by atoms with van der Waals surface area (Å²) in [6.45, 7) is 5.37. The van der Waals surface area contributed by atoms with Crippen LogP contribution in [0.2, 0.25) is 0 Å². The van der Waals surface area contributed by atoms with Gasteiger partial charge < -0.3 is 5.32 Å². The van der Waals surface area contributed by atoms with Crippen molar-refractivity contribution in [1.29, 1.82) is 0 Å². The summed E-state index contributed by atoms with van der Waals surface area (Å²) < 4.78 is 0.990. The molecule has 4 rings (SSSR count). The molecule has 0 radical (unpaired) electrons. The second kappa shape index (κ2) is 7.14. The maximum absolute atomic E-state index is 12.2. The molecular formula is C18H28N2OS2. The Kier molecular flexibility index (Phi) is 5.36. The van der Waals surface area contributed by atoms with Crippen LogP contribution in [0.3, 0.4) is 0 Å². The first-order chi connectivity index (χ1) is 11.0. The molecule has 1 aromatic heterocycles. The van der Waals surface area contributed by atoms with Crippen LogP contribution in [-0.2, 0) is 0 Å². The van der Waals surface area contributed by atoms with Crippen molar-refractivity contribution < 1.29 is 4.79 Å². The molecule has 1 N–H and O–H groups in total. The van der Waals surface area contributed by atoms with E-state index in [1.807, 2.05) is 0 Å². The Morgan fingerprint density at radius 3 is 2.65 bits per heavy atom. The summed E-state index contributed by atoms with van der Waals surface area (Å²) >= 11 is 3.20. The number of aromatic nitrogens is 1. The number of thioether (sulfide) groups is 1. The second-order valence-electron chi connectivity index (χ2n) is 7.59. The Morgan fingerprint density at radius 2 is 2.00 bits per heavy atom. The zero-order valence-corrected chi connectivity index (χ0v) is 16.0. The zero-order valence-electron chi connectivity index (χ0n) is 14.3. The minimum absolute atomic E-state index is 0.0443. The van der Waals surface area contributed by atoms with E-state index in [9.17, 15) is 4.79 Å². The second-order valence-corrected chi connectivity index (χ2v) is 10.1. The molecule has 3 aliphatic carbocycles. The number of amides is 1. The maximum atomic E-state index is 12.2. The van der Waals surface area contributed by atoms with Crippen molar-refractivity contribution in [3.8, 4) is 0 Å². The van der Waals surface area contributed by atoms with Crippen molar-refractivity contribution >= 4 is 29.0 Å². The lowest BCUT2D eigenvalue weighted by Gasteiger charge is -2.52. The zero-order chi connectivity index (χ0) is 16.3. The van der Waals surface area contributed by atoms with Gasteiger partial charge in [-0.05, 0) is 67.9 Å². The van der Waals surface area contributed by atoms with Gasteiger partial charge in [0.2, 0.25) is 0 Å². The lowest BCUT2D eigenvalue weighted by atomic mass is 9.53. The van der Waals surface area contributed by atoms with Gasteiger partial charge in [0.25, 0.3) is 5.91 Å².